The third kappa shape index (κ3) is 4.72. The summed E-state index contributed by atoms with van der Waals surface area (Å²) < 4.78 is 15.5. The van der Waals surface area contributed by atoms with Gasteiger partial charge in [-0.15, -0.1) is 0 Å². The van der Waals surface area contributed by atoms with Gasteiger partial charge in [-0.3, -0.25) is 0 Å². The molecule has 0 aliphatic carbocycles. The molecule has 6 nitrogen and oxygen atoms in total. The summed E-state index contributed by atoms with van der Waals surface area (Å²) in [6.45, 7) is 5.76. The Morgan fingerprint density at radius 3 is 2.72 bits per heavy atom. The fourth-order valence-electron chi connectivity index (χ4n) is 1.70. The predicted molar refractivity (Wildman–Crippen MR) is 67.4 cm³/mol. The van der Waals surface area contributed by atoms with Crippen LogP contribution >= 0.6 is 0 Å². The van der Waals surface area contributed by atoms with Crippen LogP contribution in [0.4, 0.5) is 0 Å². The van der Waals surface area contributed by atoms with Crippen molar-refractivity contribution in [3.63, 3.8) is 0 Å². The van der Waals surface area contributed by atoms with Crippen molar-refractivity contribution >= 4 is 0 Å². The van der Waals surface area contributed by atoms with E-state index < -0.39 is 0 Å². The minimum atomic E-state index is 0.0150. The summed E-state index contributed by atoms with van der Waals surface area (Å²) in [4.78, 5) is 4.35. The molecule has 1 heterocycles. The lowest BCUT2D eigenvalue weighted by Gasteiger charge is -2.13. The first kappa shape index (κ1) is 15.1. The normalized spacial score (nSPS) is 14.7. The third-order valence-electron chi connectivity index (χ3n) is 2.78. The van der Waals surface area contributed by atoms with E-state index >= 15 is 0 Å². The van der Waals surface area contributed by atoms with E-state index in [0.717, 1.165) is 6.42 Å². The maximum atomic E-state index is 5.88. The molecule has 0 fully saturated rings. The molecule has 0 spiro atoms. The van der Waals surface area contributed by atoms with E-state index in [-0.39, 0.29) is 12.0 Å². The number of hydrogen-bond acceptors (Lipinski definition) is 6. The van der Waals surface area contributed by atoms with Gasteiger partial charge in [0.1, 0.15) is 0 Å². The zero-order valence-electron chi connectivity index (χ0n) is 11.4. The first-order valence-electron chi connectivity index (χ1n) is 6.33. The van der Waals surface area contributed by atoms with Crippen molar-refractivity contribution in [3.05, 3.63) is 11.7 Å². The van der Waals surface area contributed by atoms with Crippen LogP contribution in [0.15, 0.2) is 4.52 Å². The molecule has 0 saturated carbocycles. The fourth-order valence-corrected chi connectivity index (χ4v) is 1.70. The number of methoxy groups -OCH3 is 1. The highest BCUT2D eigenvalue weighted by Crippen LogP contribution is 2.20. The van der Waals surface area contributed by atoms with Gasteiger partial charge in [0.15, 0.2) is 5.82 Å². The van der Waals surface area contributed by atoms with Gasteiger partial charge in [-0.25, -0.2) is 0 Å². The summed E-state index contributed by atoms with van der Waals surface area (Å²) in [5.41, 5.74) is 5.88. The Hall–Kier alpha value is -0.980. The van der Waals surface area contributed by atoms with Gasteiger partial charge in [0.05, 0.1) is 25.7 Å². The molecule has 1 aromatic heterocycles. The van der Waals surface area contributed by atoms with Gasteiger partial charge < -0.3 is 19.7 Å². The van der Waals surface area contributed by atoms with E-state index in [0.29, 0.717) is 38.0 Å². The highest BCUT2D eigenvalue weighted by atomic mass is 16.5. The van der Waals surface area contributed by atoms with E-state index in [1.54, 1.807) is 7.11 Å². The van der Waals surface area contributed by atoms with E-state index in [9.17, 15) is 0 Å². The van der Waals surface area contributed by atoms with Crippen molar-refractivity contribution in [2.45, 2.75) is 38.6 Å². The van der Waals surface area contributed by atoms with E-state index in [2.05, 4.69) is 17.1 Å². The number of aromatic nitrogens is 2. The zero-order valence-corrected chi connectivity index (χ0v) is 11.4. The standard InChI is InChI=1S/C12H23N3O3/c1-4-10(9(2)13)12-14-11(15-18-12)5-6-17-8-7-16-3/h9-10H,4-8,13H2,1-3H3. The monoisotopic (exact) mass is 257 g/mol. The molecule has 0 aromatic carbocycles. The maximum absolute atomic E-state index is 5.88. The minimum Gasteiger partial charge on any atom is -0.382 e. The maximum Gasteiger partial charge on any atom is 0.231 e. The molecule has 2 unspecified atom stereocenters. The quantitative estimate of drug-likeness (QED) is 0.667. The minimum absolute atomic E-state index is 0.0150. The molecule has 18 heavy (non-hydrogen) atoms. The second-order valence-electron chi connectivity index (χ2n) is 4.28. The Morgan fingerprint density at radius 1 is 1.33 bits per heavy atom. The largest absolute Gasteiger partial charge is 0.382 e. The second-order valence-corrected chi connectivity index (χ2v) is 4.28. The van der Waals surface area contributed by atoms with Crippen LogP contribution in [-0.4, -0.2) is 43.1 Å². The molecule has 1 rings (SSSR count). The molecule has 0 saturated heterocycles. The number of hydrogen-bond donors (Lipinski definition) is 1. The lowest BCUT2D eigenvalue weighted by Crippen LogP contribution is -2.24. The molecule has 0 radical (unpaired) electrons. The van der Waals surface area contributed by atoms with Crippen LogP contribution in [0.2, 0.25) is 0 Å². The first-order chi connectivity index (χ1) is 8.69. The summed E-state index contributed by atoms with van der Waals surface area (Å²) in [6.07, 6.45) is 1.53. The van der Waals surface area contributed by atoms with Gasteiger partial charge in [0, 0.05) is 19.6 Å². The van der Waals surface area contributed by atoms with Crippen LogP contribution in [0.1, 0.15) is 37.9 Å². The molecule has 2 atom stereocenters. The smallest absolute Gasteiger partial charge is 0.231 e. The average molecular weight is 257 g/mol. The van der Waals surface area contributed by atoms with Crippen molar-refractivity contribution in [1.82, 2.24) is 10.1 Å². The lowest BCUT2D eigenvalue weighted by molar-refractivity contribution is 0.0714. The Kier molecular flexibility index (Phi) is 6.85. The van der Waals surface area contributed by atoms with E-state index in [1.807, 2.05) is 6.92 Å². The first-order valence-corrected chi connectivity index (χ1v) is 6.33. The molecule has 0 aliphatic rings. The van der Waals surface area contributed by atoms with Gasteiger partial charge in [0.2, 0.25) is 5.89 Å². The van der Waals surface area contributed by atoms with E-state index in [1.165, 1.54) is 0 Å². The van der Waals surface area contributed by atoms with Crippen molar-refractivity contribution in [2.24, 2.45) is 5.73 Å². The molecule has 104 valence electrons. The van der Waals surface area contributed by atoms with Gasteiger partial charge >= 0.3 is 0 Å². The fraction of sp³-hybridized carbons (Fsp3) is 0.833. The Balaban J connectivity index is 2.38. The number of nitrogens with zero attached hydrogens (tertiary/aromatic N) is 2. The van der Waals surface area contributed by atoms with Crippen molar-refractivity contribution in [2.75, 3.05) is 26.9 Å². The molecular weight excluding hydrogens is 234 g/mol. The topological polar surface area (TPSA) is 83.4 Å². The highest BCUT2D eigenvalue weighted by molar-refractivity contribution is 4.97. The summed E-state index contributed by atoms with van der Waals surface area (Å²) in [5, 5.41) is 3.93. The van der Waals surface area contributed by atoms with Crippen LogP contribution in [0.3, 0.4) is 0 Å². The summed E-state index contributed by atoms with van der Waals surface area (Å²) in [5.74, 6) is 1.42. The Bertz CT molecular complexity index is 328. The van der Waals surface area contributed by atoms with Crippen LogP contribution in [0.5, 0.6) is 0 Å². The van der Waals surface area contributed by atoms with Gasteiger partial charge in [-0.05, 0) is 13.3 Å². The SMILES string of the molecule is CCC(c1nc(CCOCCOC)no1)C(C)N. The van der Waals surface area contributed by atoms with Crippen LogP contribution in [0, 0.1) is 0 Å². The van der Waals surface area contributed by atoms with Crippen LogP contribution < -0.4 is 5.73 Å². The molecule has 0 bridgehead atoms. The number of rotatable bonds is 9. The summed E-state index contributed by atoms with van der Waals surface area (Å²) in [6, 6.07) is 0.0150. The molecule has 0 amide bonds. The van der Waals surface area contributed by atoms with Crippen molar-refractivity contribution < 1.29 is 14.0 Å². The summed E-state index contributed by atoms with van der Waals surface area (Å²) >= 11 is 0. The van der Waals surface area contributed by atoms with Crippen LogP contribution in [-0.2, 0) is 15.9 Å². The van der Waals surface area contributed by atoms with Gasteiger partial charge in [-0.2, -0.15) is 4.98 Å². The van der Waals surface area contributed by atoms with Gasteiger partial charge in [-0.1, -0.05) is 12.1 Å². The van der Waals surface area contributed by atoms with E-state index in [4.69, 9.17) is 19.7 Å². The molecule has 1 aromatic rings. The Labute approximate surface area is 108 Å². The van der Waals surface area contributed by atoms with Crippen molar-refractivity contribution in [1.29, 1.82) is 0 Å². The highest BCUT2D eigenvalue weighted by Gasteiger charge is 2.20. The second kappa shape index (κ2) is 8.18. The predicted octanol–water partition coefficient (Wildman–Crippen LogP) is 1.12. The molecule has 0 aliphatic heterocycles. The zero-order chi connectivity index (χ0) is 13.4. The molecule has 2 N–H and O–H groups in total. The van der Waals surface area contributed by atoms with Crippen molar-refractivity contribution in [3.8, 4) is 0 Å². The van der Waals surface area contributed by atoms with Crippen LogP contribution in [0.25, 0.3) is 0 Å². The summed E-state index contributed by atoms with van der Waals surface area (Å²) in [7, 11) is 1.65. The third-order valence-corrected chi connectivity index (χ3v) is 2.78. The number of nitrogens with two attached hydrogens (primary N) is 1. The molecular formula is C12H23N3O3. The Morgan fingerprint density at radius 2 is 2.11 bits per heavy atom. The lowest BCUT2D eigenvalue weighted by atomic mass is 9.99. The average Bonchev–Trinajstić information content (AvgIpc) is 2.78. The number of ether oxygens (including phenoxy) is 2. The van der Waals surface area contributed by atoms with Gasteiger partial charge in [0.25, 0.3) is 0 Å². The molecule has 6 heteroatoms.